The molecule has 1 saturated carbocycles. The highest BCUT2D eigenvalue weighted by atomic mass is 35.5. The van der Waals surface area contributed by atoms with E-state index >= 15 is 0 Å². The van der Waals surface area contributed by atoms with Crippen molar-refractivity contribution in [1.82, 2.24) is 4.90 Å². The van der Waals surface area contributed by atoms with Crippen molar-refractivity contribution in [2.45, 2.75) is 64.3 Å². The normalized spacial score (nSPS) is 23.7. The second-order valence-electron chi connectivity index (χ2n) is 11.2. The van der Waals surface area contributed by atoms with Crippen molar-refractivity contribution in [3.05, 3.63) is 58.6 Å². The molecule has 3 atom stereocenters. The molecule has 1 aliphatic carbocycles. The second kappa shape index (κ2) is 7.23. The largest absolute Gasteiger partial charge is 0.488 e. The Balaban J connectivity index is 1.23. The molecule has 0 N–H and O–H groups in total. The highest BCUT2D eigenvalue weighted by Gasteiger charge is 2.56. The van der Waals surface area contributed by atoms with E-state index in [1.165, 1.54) is 21.9 Å². The minimum atomic E-state index is -0.506. The maximum absolute atomic E-state index is 13.1. The molecule has 0 bridgehead atoms. The number of aliphatic imine (C=N–C) groups is 1. The van der Waals surface area contributed by atoms with Crippen LogP contribution in [-0.4, -0.2) is 34.4 Å². The Morgan fingerprint density at radius 2 is 1.97 bits per heavy atom. The van der Waals surface area contributed by atoms with E-state index in [-0.39, 0.29) is 12.1 Å². The Hall–Kier alpha value is -3.05. The lowest BCUT2D eigenvalue weighted by Crippen LogP contribution is -2.45. The van der Waals surface area contributed by atoms with Gasteiger partial charge >= 0.3 is 6.09 Å². The minimum absolute atomic E-state index is 0.0153. The second-order valence-corrected chi connectivity index (χ2v) is 11.6. The number of amides is 1. The number of carbonyl (C=O) groups is 1. The standard InChI is InChI=1S/C29H27ClN2O3/c1-29(2,3)35-28(33)32-25-10-16(25)11-26(32)24-12-21-20-13-27-22(9-15(20)4-7-23(21)31-24)19-6-5-18(30)8-17(19)14-34-27/h4-9,13,16,25-26H,10-12,14H2,1-3H3/t16-,25-,26?/m1/s1. The monoisotopic (exact) mass is 486 g/mol. The molecule has 0 aromatic heterocycles. The summed E-state index contributed by atoms with van der Waals surface area (Å²) in [5, 5.41) is 3.07. The SMILES string of the molecule is CC(C)(C)OC(=O)N1C(C2=Nc3ccc4cc5c(cc4c3C2)OCc2cc(Cl)ccc2-5)C[C@H]2C[C@H]21. The number of benzene rings is 3. The molecule has 0 spiro atoms. The molecule has 4 aliphatic rings. The Morgan fingerprint density at radius 3 is 2.80 bits per heavy atom. The molecule has 3 aromatic rings. The lowest BCUT2D eigenvalue weighted by atomic mass is 9.91. The van der Waals surface area contributed by atoms with Crippen molar-refractivity contribution >= 4 is 39.9 Å². The van der Waals surface area contributed by atoms with E-state index in [0.29, 0.717) is 18.6 Å². The van der Waals surface area contributed by atoms with Gasteiger partial charge in [-0.15, -0.1) is 0 Å². The predicted octanol–water partition coefficient (Wildman–Crippen LogP) is 7.08. The molecule has 35 heavy (non-hydrogen) atoms. The van der Waals surface area contributed by atoms with E-state index < -0.39 is 5.60 Å². The molecule has 1 unspecified atom stereocenters. The topological polar surface area (TPSA) is 51.1 Å². The van der Waals surface area contributed by atoms with Crippen LogP contribution in [0.25, 0.3) is 21.9 Å². The van der Waals surface area contributed by atoms with Gasteiger partial charge in [0.25, 0.3) is 0 Å². The Morgan fingerprint density at radius 1 is 1.11 bits per heavy atom. The highest BCUT2D eigenvalue weighted by Crippen LogP contribution is 2.50. The predicted molar refractivity (Wildman–Crippen MR) is 138 cm³/mol. The first-order valence-corrected chi connectivity index (χ1v) is 12.7. The number of carbonyl (C=O) groups excluding carboxylic acids is 1. The molecule has 3 aliphatic heterocycles. The lowest BCUT2D eigenvalue weighted by molar-refractivity contribution is 0.0230. The molecule has 1 saturated heterocycles. The van der Waals surface area contributed by atoms with Crippen LogP contribution >= 0.6 is 11.6 Å². The lowest BCUT2D eigenvalue weighted by Gasteiger charge is -2.30. The van der Waals surface area contributed by atoms with Crippen LogP contribution in [0.1, 0.15) is 44.7 Å². The van der Waals surface area contributed by atoms with E-state index in [2.05, 4.69) is 30.3 Å². The average molecular weight is 487 g/mol. The molecule has 1 amide bonds. The van der Waals surface area contributed by atoms with Crippen molar-refractivity contribution in [2.75, 3.05) is 0 Å². The summed E-state index contributed by atoms with van der Waals surface area (Å²) in [7, 11) is 0. The van der Waals surface area contributed by atoms with Gasteiger partial charge in [-0.25, -0.2) is 4.79 Å². The van der Waals surface area contributed by atoms with Gasteiger partial charge in [-0.3, -0.25) is 9.89 Å². The fraction of sp³-hybridized carbons (Fsp3) is 0.379. The van der Waals surface area contributed by atoms with Gasteiger partial charge < -0.3 is 9.47 Å². The third-order valence-corrected chi connectivity index (χ3v) is 7.90. The van der Waals surface area contributed by atoms with Gasteiger partial charge in [0.1, 0.15) is 18.0 Å². The fourth-order valence-electron chi connectivity index (χ4n) is 6.02. The molecule has 2 fully saturated rings. The number of piperidine rings is 1. The van der Waals surface area contributed by atoms with E-state index in [0.717, 1.165) is 52.6 Å². The molecule has 5 nitrogen and oxygen atoms in total. The maximum atomic E-state index is 13.1. The van der Waals surface area contributed by atoms with Crippen LogP contribution in [0.4, 0.5) is 10.5 Å². The van der Waals surface area contributed by atoms with Crippen molar-refractivity contribution in [1.29, 1.82) is 0 Å². The molecule has 0 radical (unpaired) electrons. The zero-order valence-corrected chi connectivity index (χ0v) is 20.9. The molecule has 3 heterocycles. The van der Waals surface area contributed by atoms with Crippen LogP contribution in [0.3, 0.4) is 0 Å². The summed E-state index contributed by atoms with van der Waals surface area (Å²) in [6, 6.07) is 14.9. The van der Waals surface area contributed by atoms with Crippen LogP contribution in [0.2, 0.25) is 5.02 Å². The van der Waals surface area contributed by atoms with E-state index in [4.69, 9.17) is 26.1 Å². The number of likely N-dealkylation sites (tertiary alicyclic amines) is 1. The summed E-state index contributed by atoms with van der Waals surface area (Å²) in [4.78, 5) is 20.1. The zero-order valence-electron chi connectivity index (χ0n) is 20.1. The quantitative estimate of drug-likeness (QED) is 0.369. The third kappa shape index (κ3) is 3.43. The number of halogens is 1. The van der Waals surface area contributed by atoms with E-state index in [9.17, 15) is 4.79 Å². The van der Waals surface area contributed by atoms with Crippen LogP contribution in [-0.2, 0) is 17.8 Å². The summed E-state index contributed by atoms with van der Waals surface area (Å²) in [6.07, 6.45) is 2.60. The summed E-state index contributed by atoms with van der Waals surface area (Å²) >= 11 is 6.20. The molecule has 6 heteroatoms. The highest BCUT2D eigenvalue weighted by molar-refractivity contribution is 6.30. The summed E-state index contributed by atoms with van der Waals surface area (Å²) in [5.41, 5.74) is 6.17. The fourth-order valence-corrected chi connectivity index (χ4v) is 6.22. The molecular weight excluding hydrogens is 460 g/mol. The first-order valence-electron chi connectivity index (χ1n) is 12.4. The minimum Gasteiger partial charge on any atom is -0.488 e. The zero-order chi connectivity index (χ0) is 24.1. The maximum Gasteiger partial charge on any atom is 0.411 e. The Labute approximate surface area is 209 Å². The van der Waals surface area contributed by atoms with Crippen molar-refractivity contribution in [2.24, 2.45) is 10.9 Å². The van der Waals surface area contributed by atoms with Gasteiger partial charge in [0.15, 0.2) is 0 Å². The van der Waals surface area contributed by atoms with Crippen LogP contribution in [0.15, 0.2) is 47.5 Å². The Bertz CT molecular complexity index is 1450. The van der Waals surface area contributed by atoms with Crippen LogP contribution < -0.4 is 4.74 Å². The van der Waals surface area contributed by atoms with Gasteiger partial charge in [-0.05, 0) is 97.3 Å². The summed E-state index contributed by atoms with van der Waals surface area (Å²) < 4.78 is 11.9. The number of fused-ring (bicyclic) bond motifs is 7. The van der Waals surface area contributed by atoms with Gasteiger partial charge in [-0.1, -0.05) is 23.7 Å². The van der Waals surface area contributed by atoms with Crippen molar-refractivity contribution in [3.8, 4) is 16.9 Å². The van der Waals surface area contributed by atoms with E-state index in [1.54, 1.807) is 0 Å². The Kier molecular flexibility index (Phi) is 4.39. The summed E-state index contributed by atoms with van der Waals surface area (Å²) in [6.45, 7) is 6.28. The smallest absolute Gasteiger partial charge is 0.411 e. The number of hydrogen-bond donors (Lipinski definition) is 0. The van der Waals surface area contributed by atoms with Gasteiger partial charge in [-0.2, -0.15) is 0 Å². The van der Waals surface area contributed by atoms with E-state index in [1.807, 2.05) is 37.8 Å². The first-order chi connectivity index (χ1) is 16.7. The first kappa shape index (κ1) is 21.3. The van der Waals surface area contributed by atoms with Crippen molar-refractivity contribution < 1.29 is 14.3 Å². The number of nitrogens with zero attached hydrogens (tertiary/aromatic N) is 2. The van der Waals surface area contributed by atoms with Gasteiger partial charge in [0.05, 0.1) is 11.7 Å². The van der Waals surface area contributed by atoms with Crippen LogP contribution in [0, 0.1) is 5.92 Å². The van der Waals surface area contributed by atoms with Gasteiger partial charge in [0, 0.05) is 28.8 Å². The number of hydrogen-bond acceptors (Lipinski definition) is 4. The molecule has 178 valence electrons. The number of rotatable bonds is 1. The van der Waals surface area contributed by atoms with Gasteiger partial charge in [0.2, 0.25) is 0 Å². The number of ether oxygens (including phenoxy) is 2. The van der Waals surface area contributed by atoms with Crippen LogP contribution in [0.5, 0.6) is 5.75 Å². The molecular formula is C29H27ClN2O3. The van der Waals surface area contributed by atoms with Crippen molar-refractivity contribution in [3.63, 3.8) is 0 Å². The average Bonchev–Trinajstić information content (AvgIpc) is 3.25. The summed E-state index contributed by atoms with van der Waals surface area (Å²) in [5.74, 6) is 1.47. The third-order valence-electron chi connectivity index (χ3n) is 7.66. The molecule has 7 rings (SSSR count). The molecule has 3 aromatic carbocycles.